The van der Waals surface area contributed by atoms with Crippen LogP contribution in [0.4, 0.5) is 14.6 Å². The Morgan fingerprint density at radius 1 is 1.64 bits per heavy atom. The summed E-state index contributed by atoms with van der Waals surface area (Å²) in [6.45, 7) is 0. The lowest BCUT2D eigenvalue weighted by atomic mass is 10.2. The van der Waals surface area contributed by atoms with Gasteiger partial charge in [-0.1, -0.05) is 11.6 Å². The minimum atomic E-state index is -3.01. The van der Waals surface area contributed by atoms with Crippen molar-refractivity contribution in [2.75, 3.05) is 0 Å². The molecule has 14 heavy (non-hydrogen) atoms. The summed E-state index contributed by atoms with van der Waals surface area (Å²) in [5.74, 6) is -0.898. The lowest BCUT2D eigenvalue weighted by Crippen LogP contribution is -2.01. The molecule has 0 radical (unpaired) electrons. The number of nitrogens with zero attached hydrogens (tertiary/aromatic N) is 2. The lowest BCUT2D eigenvalue weighted by Gasteiger charge is -2.03. The summed E-state index contributed by atoms with van der Waals surface area (Å²) in [5, 5.41) is 10.0. The van der Waals surface area contributed by atoms with E-state index < -0.39 is 22.7 Å². The van der Waals surface area contributed by atoms with E-state index in [1.54, 1.807) is 22.6 Å². The molecule has 0 fully saturated rings. The number of halogens is 4. The van der Waals surface area contributed by atoms with E-state index in [0.29, 0.717) is 0 Å². The Labute approximate surface area is 95.6 Å². The molecular weight excluding hydrogens is 332 g/mol. The first-order valence-corrected chi connectivity index (χ1v) is 4.67. The van der Waals surface area contributed by atoms with Gasteiger partial charge in [0.25, 0.3) is 6.43 Å². The van der Waals surface area contributed by atoms with Crippen molar-refractivity contribution in [1.29, 1.82) is 0 Å². The third-order valence-corrected chi connectivity index (χ3v) is 2.92. The fourth-order valence-electron chi connectivity index (χ4n) is 0.810. The van der Waals surface area contributed by atoms with Crippen LogP contribution in [0.15, 0.2) is 6.20 Å². The molecule has 1 heterocycles. The van der Waals surface area contributed by atoms with E-state index in [0.717, 1.165) is 6.20 Å². The highest BCUT2D eigenvalue weighted by Gasteiger charge is 2.28. The summed E-state index contributed by atoms with van der Waals surface area (Å²) in [6.07, 6.45) is -1.93. The van der Waals surface area contributed by atoms with Gasteiger partial charge in [-0.2, -0.15) is 0 Å². The van der Waals surface area contributed by atoms with Gasteiger partial charge in [0.2, 0.25) is 0 Å². The molecule has 0 unspecified atom stereocenters. The Morgan fingerprint density at radius 3 is 2.64 bits per heavy atom. The van der Waals surface area contributed by atoms with Crippen LogP contribution in [0.25, 0.3) is 0 Å². The zero-order valence-electron chi connectivity index (χ0n) is 6.38. The highest BCUT2D eigenvalue weighted by molar-refractivity contribution is 14.1. The van der Waals surface area contributed by atoms with Crippen LogP contribution in [0.3, 0.4) is 0 Å². The van der Waals surface area contributed by atoms with Crippen LogP contribution < -0.4 is 0 Å². The van der Waals surface area contributed by atoms with Gasteiger partial charge in [-0.15, -0.1) is 0 Å². The van der Waals surface area contributed by atoms with Crippen LogP contribution in [-0.4, -0.2) is 9.91 Å². The van der Waals surface area contributed by atoms with Gasteiger partial charge in [0.15, 0.2) is 6.20 Å². The van der Waals surface area contributed by atoms with E-state index in [-0.39, 0.29) is 8.59 Å². The molecule has 0 atom stereocenters. The average molecular weight is 334 g/mol. The molecule has 0 saturated heterocycles. The van der Waals surface area contributed by atoms with Crippen LogP contribution in [-0.2, 0) is 0 Å². The summed E-state index contributed by atoms with van der Waals surface area (Å²) in [4.78, 5) is 12.6. The molecule has 0 saturated carbocycles. The first-order chi connectivity index (χ1) is 6.45. The Hall–Kier alpha value is -0.570. The molecule has 0 spiro atoms. The predicted molar refractivity (Wildman–Crippen MR) is 53.6 cm³/mol. The predicted octanol–water partition coefficient (Wildman–Crippen LogP) is 3.19. The smallest absolute Gasteiger partial charge is 0.358 e. The number of rotatable bonds is 2. The largest absolute Gasteiger partial charge is 0.373 e. The zero-order chi connectivity index (χ0) is 10.9. The lowest BCUT2D eigenvalue weighted by molar-refractivity contribution is -0.391. The van der Waals surface area contributed by atoms with E-state index in [4.69, 9.17) is 11.6 Å². The second kappa shape index (κ2) is 4.30. The van der Waals surface area contributed by atoms with Crippen molar-refractivity contribution in [2.45, 2.75) is 6.43 Å². The molecule has 1 aromatic rings. The Bertz CT molecular complexity index is 388. The molecule has 0 aliphatic carbocycles. The Kier molecular flexibility index (Phi) is 3.53. The number of nitro groups is 1. The molecule has 0 aromatic carbocycles. The van der Waals surface area contributed by atoms with Crippen molar-refractivity contribution < 1.29 is 13.7 Å². The van der Waals surface area contributed by atoms with Crippen LogP contribution in [0, 0.1) is 13.7 Å². The maximum absolute atomic E-state index is 12.4. The number of aromatic nitrogens is 1. The fourth-order valence-corrected chi connectivity index (χ4v) is 1.46. The molecule has 1 rings (SSSR count). The van der Waals surface area contributed by atoms with Crippen molar-refractivity contribution >= 4 is 40.0 Å². The second-order valence-electron chi connectivity index (χ2n) is 2.22. The molecule has 1 aromatic heterocycles. The second-order valence-corrected chi connectivity index (χ2v) is 3.76. The molecule has 0 N–H and O–H groups in total. The topological polar surface area (TPSA) is 56.0 Å². The van der Waals surface area contributed by atoms with Crippen LogP contribution in [0.2, 0.25) is 5.02 Å². The highest BCUT2D eigenvalue weighted by atomic mass is 127. The van der Waals surface area contributed by atoms with Gasteiger partial charge in [-0.3, -0.25) is 0 Å². The summed E-state index contributed by atoms with van der Waals surface area (Å²) in [5.41, 5.74) is -0.830. The van der Waals surface area contributed by atoms with Gasteiger partial charge in [0.1, 0.15) is 5.56 Å². The van der Waals surface area contributed by atoms with E-state index >= 15 is 0 Å². The van der Waals surface area contributed by atoms with E-state index in [2.05, 4.69) is 4.98 Å². The maximum atomic E-state index is 12.4. The van der Waals surface area contributed by atoms with Gasteiger partial charge in [0, 0.05) is 0 Å². The van der Waals surface area contributed by atoms with Gasteiger partial charge in [-0.05, 0) is 32.5 Å². The first-order valence-electron chi connectivity index (χ1n) is 3.21. The van der Waals surface area contributed by atoms with Crippen molar-refractivity contribution in [1.82, 2.24) is 4.98 Å². The number of pyridine rings is 1. The van der Waals surface area contributed by atoms with Crippen molar-refractivity contribution in [2.24, 2.45) is 0 Å². The SMILES string of the molecule is O=[N+]([O-])c1ncc(I)c(Cl)c1C(F)F. The number of hydrogen-bond donors (Lipinski definition) is 0. The van der Waals surface area contributed by atoms with Gasteiger partial charge in [0.05, 0.1) is 8.59 Å². The van der Waals surface area contributed by atoms with E-state index in [1.807, 2.05) is 0 Å². The van der Waals surface area contributed by atoms with Crippen molar-refractivity contribution in [3.63, 3.8) is 0 Å². The minimum Gasteiger partial charge on any atom is -0.358 e. The summed E-state index contributed by atoms with van der Waals surface area (Å²) in [6, 6.07) is 0. The Morgan fingerprint density at radius 2 is 2.21 bits per heavy atom. The molecule has 76 valence electrons. The van der Waals surface area contributed by atoms with Gasteiger partial charge >= 0.3 is 5.82 Å². The van der Waals surface area contributed by atoms with Crippen LogP contribution in [0.1, 0.15) is 12.0 Å². The minimum absolute atomic E-state index is 0.255. The van der Waals surface area contributed by atoms with Crippen molar-refractivity contribution in [3.05, 3.63) is 30.5 Å². The highest BCUT2D eigenvalue weighted by Crippen LogP contribution is 2.35. The van der Waals surface area contributed by atoms with Crippen LogP contribution in [0.5, 0.6) is 0 Å². The normalized spacial score (nSPS) is 10.6. The van der Waals surface area contributed by atoms with E-state index in [1.165, 1.54) is 0 Å². The number of alkyl halides is 2. The van der Waals surface area contributed by atoms with Gasteiger partial charge < -0.3 is 10.1 Å². The van der Waals surface area contributed by atoms with Crippen molar-refractivity contribution in [3.8, 4) is 0 Å². The molecule has 0 amide bonds. The third-order valence-electron chi connectivity index (χ3n) is 1.38. The summed E-state index contributed by atoms with van der Waals surface area (Å²) >= 11 is 7.18. The quantitative estimate of drug-likeness (QED) is 0.474. The molecule has 8 heteroatoms. The van der Waals surface area contributed by atoms with Gasteiger partial charge in [-0.25, -0.2) is 8.78 Å². The summed E-state index contributed by atoms with van der Waals surface area (Å²) < 4.78 is 25.0. The third kappa shape index (κ3) is 2.08. The fraction of sp³-hybridized carbons (Fsp3) is 0.167. The maximum Gasteiger partial charge on any atom is 0.373 e. The standard InChI is InChI=1S/C6H2ClF2IN2O2/c7-4-2(10)1-11-6(12(13)14)3(4)5(8)9/h1,5H. The average Bonchev–Trinajstić information content (AvgIpc) is 2.08. The summed E-state index contributed by atoms with van der Waals surface area (Å²) in [7, 11) is 0. The molecule has 0 aliphatic rings. The monoisotopic (exact) mass is 334 g/mol. The molecular formula is C6H2ClF2IN2O2. The Balaban J connectivity index is 3.45. The molecule has 0 bridgehead atoms. The molecule has 0 aliphatic heterocycles. The number of hydrogen-bond acceptors (Lipinski definition) is 3. The molecule has 4 nitrogen and oxygen atoms in total. The van der Waals surface area contributed by atoms with Crippen LogP contribution >= 0.6 is 34.2 Å². The van der Waals surface area contributed by atoms with E-state index in [9.17, 15) is 18.9 Å². The zero-order valence-corrected chi connectivity index (χ0v) is 9.29. The first kappa shape index (κ1) is 11.5.